The van der Waals surface area contributed by atoms with E-state index in [1.54, 1.807) is 0 Å². The van der Waals surface area contributed by atoms with Crippen LogP contribution in [-0.2, 0) is 9.53 Å². The van der Waals surface area contributed by atoms with Crippen LogP contribution in [0.2, 0.25) is 0 Å². The van der Waals surface area contributed by atoms with Gasteiger partial charge in [0.25, 0.3) is 0 Å². The Morgan fingerprint density at radius 3 is 2.65 bits per heavy atom. The third-order valence-corrected chi connectivity index (χ3v) is 6.25. The van der Waals surface area contributed by atoms with E-state index in [4.69, 9.17) is 4.74 Å². The summed E-state index contributed by atoms with van der Waals surface area (Å²) >= 11 is 0. The Balaban J connectivity index is 1.80. The molecule has 0 aromatic carbocycles. The van der Waals surface area contributed by atoms with Crippen molar-refractivity contribution in [1.82, 2.24) is 0 Å². The molecule has 0 radical (unpaired) electrons. The summed E-state index contributed by atoms with van der Waals surface area (Å²) in [6.45, 7) is 9.24. The lowest BCUT2D eigenvalue weighted by Crippen LogP contribution is -2.51. The molecule has 0 amide bonds. The van der Waals surface area contributed by atoms with Gasteiger partial charge < -0.3 is 4.74 Å². The molecule has 2 saturated carbocycles. The Kier molecular flexibility index (Phi) is 3.26. The van der Waals surface area contributed by atoms with Crippen molar-refractivity contribution in [3.05, 3.63) is 11.1 Å². The van der Waals surface area contributed by atoms with Gasteiger partial charge in [0.05, 0.1) is 0 Å². The minimum atomic E-state index is -0.00452. The van der Waals surface area contributed by atoms with Gasteiger partial charge >= 0.3 is 5.97 Å². The molecule has 0 aromatic heterocycles. The Morgan fingerprint density at radius 2 is 1.95 bits per heavy atom. The Bertz CT molecular complexity index is 460. The van der Waals surface area contributed by atoms with E-state index in [1.165, 1.54) is 24.8 Å². The number of carbonyl (C=O) groups excluding carboxylic acids is 1. The first-order chi connectivity index (χ1) is 9.41. The molecule has 1 aliphatic heterocycles. The third kappa shape index (κ3) is 1.79. The van der Waals surface area contributed by atoms with Crippen LogP contribution in [0.4, 0.5) is 0 Å². The number of unbranched alkanes of at least 4 members (excludes halogenated alkanes) is 3. The summed E-state index contributed by atoms with van der Waals surface area (Å²) in [5, 5.41) is 0. The molecule has 1 heterocycles. The van der Waals surface area contributed by atoms with Gasteiger partial charge in [0.2, 0.25) is 0 Å². The summed E-state index contributed by atoms with van der Waals surface area (Å²) in [5.74, 6) is 0.698. The molecule has 0 spiro atoms. The second-order valence-corrected chi connectivity index (χ2v) is 7.89. The van der Waals surface area contributed by atoms with Crippen molar-refractivity contribution in [3.63, 3.8) is 0 Å². The molecule has 2 fully saturated rings. The number of hydrogen-bond acceptors (Lipinski definition) is 2. The lowest BCUT2D eigenvalue weighted by Gasteiger charge is -2.54. The van der Waals surface area contributed by atoms with E-state index >= 15 is 0 Å². The smallest absolute Gasteiger partial charge is 0.334 e. The van der Waals surface area contributed by atoms with Crippen molar-refractivity contribution in [2.24, 2.45) is 16.7 Å². The van der Waals surface area contributed by atoms with Crippen molar-refractivity contribution in [2.45, 2.75) is 78.7 Å². The highest BCUT2D eigenvalue weighted by Crippen LogP contribution is 2.70. The van der Waals surface area contributed by atoms with Crippen molar-refractivity contribution in [1.29, 1.82) is 0 Å². The van der Waals surface area contributed by atoms with E-state index in [9.17, 15) is 4.79 Å². The summed E-state index contributed by atoms with van der Waals surface area (Å²) in [6.07, 6.45) is 8.12. The zero-order valence-corrected chi connectivity index (χ0v) is 13.4. The normalized spacial score (nSPS) is 37.5. The first-order valence-electron chi connectivity index (χ1n) is 8.34. The average molecular weight is 276 g/mol. The van der Waals surface area contributed by atoms with Gasteiger partial charge in [-0.2, -0.15) is 0 Å². The van der Waals surface area contributed by atoms with Crippen LogP contribution in [0.5, 0.6) is 0 Å². The van der Waals surface area contributed by atoms with Crippen LogP contribution in [0.25, 0.3) is 0 Å². The molecule has 0 saturated heterocycles. The fraction of sp³-hybridized carbons (Fsp3) is 0.833. The second kappa shape index (κ2) is 4.61. The van der Waals surface area contributed by atoms with Crippen LogP contribution < -0.4 is 0 Å². The summed E-state index contributed by atoms with van der Waals surface area (Å²) in [5.41, 5.74) is 2.97. The fourth-order valence-electron chi connectivity index (χ4n) is 4.97. The lowest BCUT2D eigenvalue weighted by atomic mass is 9.52. The van der Waals surface area contributed by atoms with Crippen molar-refractivity contribution in [2.75, 3.05) is 0 Å². The Hall–Kier alpha value is -0.790. The third-order valence-electron chi connectivity index (χ3n) is 6.25. The standard InChI is InChI=1S/C18H28O2/c1-5-6-7-8-9-12-13-10-14-17(2,3)11-15(18(13,14)4)20-16(12)19/h14-15H,5-11H2,1-4H3/t14-,15+,18-/m0/s1. The molecular weight excluding hydrogens is 248 g/mol. The number of carbonyl (C=O) groups is 1. The number of hydrogen-bond donors (Lipinski definition) is 0. The van der Waals surface area contributed by atoms with E-state index < -0.39 is 0 Å². The van der Waals surface area contributed by atoms with Gasteiger partial charge in [-0.3, -0.25) is 0 Å². The molecule has 0 aromatic rings. The van der Waals surface area contributed by atoms with Crippen molar-refractivity contribution < 1.29 is 9.53 Å². The lowest BCUT2D eigenvalue weighted by molar-refractivity contribution is -0.155. The van der Waals surface area contributed by atoms with Crippen LogP contribution in [0, 0.1) is 16.7 Å². The zero-order valence-electron chi connectivity index (χ0n) is 13.4. The van der Waals surface area contributed by atoms with Gasteiger partial charge in [0, 0.05) is 11.0 Å². The minimum absolute atomic E-state index is 0.00452. The SMILES string of the molecule is CCCCCCC1=C2C[C@H]3C(C)(C)C[C@@H](OC1=O)[C@@]23C. The van der Waals surface area contributed by atoms with Gasteiger partial charge in [-0.05, 0) is 42.6 Å². The highest BCUT2D eigenvalue weighted by atomic mass is 16.5. The Labute approximate surface area is 123 Å². The van der Waals surface area contributed by atoms with Gasteiger partial charge in [0.15, 0.2) is 0 Å². The first-order valence-corrected chi connectivity index (χ1v) is 8.34. The van der Waals surface area contributed by atoms with Crippen LogP contribution >= 0.6 is 0 Å². The predicted octanol–water partition coefficient (Wildman–Crippen LogP) is 4.63. The van der Waals surface area contributed by atoms with E-state index in [0.29, 0.717) is 11.3 Å². The molecule has 0 N–H and O–H groups in total. The first kappa shape index (κ1) is 14.2. The van der Waals surface area contributed by atoms with Gasteiger partial charge in [-0.1, -0.05) is 47.0 Å². The van der Waals surface area contributed by atoms with Crippen LogP contribution in [0.15, 0.2) is 11.1 Å². The maximum Gasteiger partial charge on any atom is 0.334 e. The van der Waals surface area contributed by atoms with Crippen LogP contribution in [0.3, 0.4) is 0 Å². The maximum atomic E-state index is 12.3. The zero-order chi connectivity index (χ0) is 14.5. The molecule has 0 unspecified atom stereocenters. The number of rotatable bonds is 5. The summed E-state index contributed by atoms with van der Waals surface area (Å²) in [6, 6.07) is 0. The second-order valence-electron chi connectivity index (χ2n) is 7.89. The molecule has 3 rings (SSSR count). The van der Waals surface area contributed by atoms with Crippen molar-refractivity contribution >= 4 is 5.97 Å². The summed E-state index contributed by atoms with van der Waals surface area (Å²) < 4.78 is 5.82. The molecular formula is C18H28O2. The fourth-order valence-corrected chi connectivity index (χ4v) is 4.97. The molecule has 20 heavy (non-hydrogen) atoms. The Morgan fingerprint density at radius 1 is 1.20 bits per heavy atom. The average Bonchev–Trinajstić information content (AvgIpc) is 2.53. The summed E-state index contributed by atoms with van der Waals surface area (Å²) in [4.78, 5) is 12.3. The van der Waals surface area contributed by atoms with Gasteiger partial charge in [-0.25, -0.2) is 4.79 Å². The van der Waals surface area contributed by atoms with E-state index in [-0.39, 0.29) is 17.5 Å². The van der Waals surface area contributed by atoms with Crippen LogP contribution in [-0.4, -0.2) is 12.1 Å². The van der Waals surface area contributed by atoms with E-state index in [1.807, 2.05) is 0 Å². The molecule has 2 aliphatic carbocycles. The van der Waals surface area contributed by atoms with Gasteiger partial charge in [-0.15, -0.1) is 0 Å². The highest BCUT2D eigenvalue weighted by molar-refractivity contribution is 5.91. The molecule has 2 heteroatoms. The molecule has 2 nitrogen and oxygen atoms in total. The van der Waals surface area contributed by atoms with E-state index in [0.717, 1.165) is 31.3 Å². The monoisotopic (exact) mass is 276 g/mol. The highest BCUT2D eigenvalue weighted by Gasteiger charge is 2.67. The predicted molar refractivity (Wildman–Crippen MR) is 80.3 cm³/mol. The minimum Gasteiger partial charge on any atom is -0.458 e. The quantitative estimate of drug-likeness (QED) is 0.540. The number of esters is 1. The molecule has 3 aliphatic rings. The topological polar surface area (TPSA) is 26.3 Å². The maximum absolute atomic E-state index is 12.3. The molecule has 0 bridgehead atoms. The largest absolute Gasteiger partial charge is 0.458 e. The molecule has 3 atom stereocenters. The molecule has 112 valence electrons. The number of ether oxygens (including phenoxy) is 1. The van der Waals surface area contributed by atoms with E-state index in [2.05, 4.69) is 27.7 Å². The van der Waals surface area contributed by atoms with Crippen LogP contribution in [0.1, 0.15) is 72.6 Å². The van der Waals surface area contributed by atoms with Crippen molar-refractivity contribution in [3.8, 4) is 0 Å². The summed E-state index contributed by atoms with van der Waals surface area (Å²) in [7, 11) is 0. The van der Waals surface area contributed by atoms with Gasteiger partial charge in [0.1, 0.15) is 6.10 Å².